The quantitative estimate of drug-likeness (QED) is 0.455. The van der Waals surface area contributed by atoms with E-state index in [1.807, 2.05) is 25.1 Å². The smallest absolute Gasteiger partial charge is 0.341 e. The molecule has 6 nitrogen and oxygen atoms in total. The molecule has 0 radical (unpaired) electrons. The third kappa shape index (κ3) is 4.92. The van der Waals surface area contributed by atoms with E-state index >= 15 is 0 Å². The van der Waals surface area contributed by atoms with E-state index in [0.717, 1.165) is 36.1 Å². The molecule has 1 heterocycles. The summed E-state index contributed by atoms with van der Waals surface area (Å²) in [7, 11) is 3.17. The number of rotatable bonds is 8. The van der Waals surface area contributed by atoms with Crippen molar-refractivity contribution in [1.82, 2.24) is 0 Å². The largest absolute Gasteiger partial charge is 0.493 e. The molecule has 30 heavy (non-hydrogen) atoms. The lowest BCUT2D eigenvalue weighted by atomic mass is 9.95. The first-order chi connectivity index (χ1) is 14.5. The number of methoxy groups -OCH3 is 2. The van der Waals surface area contributed by atoms with Crippen molar-refractivity contribution in [3.63, 3.8) is 0 Å². The minimum absolute atomic E-state index is 0.154. The summed E-state index contributed by atoms with van der Waals surface area (Å²) in [5, 5.41) is 3.22. The van der Waals surface area contributed by atoms with E-state index in [4.69, 9.17) is 14.2 Å². The Hall–Kier alpha value is -2.19. The predicted octanol–water partition coefficient (Wildman–Crippen LogP) is 4.94. The molecule has 1 atom stereocenters. The fourth-order valence-corrected chi connectivity index (χ4v) is 5.61. The van der Waals surface area contributed by atoms with Crippen LogP contribution in [0.1, 0.15) is 47.5 Å². The molecule has 162 valence electrons. The van der Waals surface area contributed by atoms with Crippen LogP contribution in [0.3, 0.4) is 0 Å². The number of esters is 1. The second-order valence-electron chi connectivity index (χ2n) is 6.90. The molecule has 1 aliphatic carbocycles. The normalized spacial score (nSPS) is 13.9. The number of fused-ring (bicyclic) bond motifs is 1. The standard InChI is InChI=1S/C22H27NO5S2/c1-5-28-22(25)19-15-8-6-7-9-18(15)30-21(19)23-20(24)13(2)29-14-10-11-16(26-3)17(12-14)27-4/h10-13H,5-9H2,1-4H3,(H,23,24)/t13-/m0/s1. The lowest BCUT2D eigenvalue weighted by Crippen LogP contribution is -2.23. The van der Waals surface area contributed by atoms with Crippen molar-refractivity contribution in [2.75, 3.05) is 26.1 Å². The number of nitrogens with one attached hydrogen (secondary N) is 1. The minimum Gasteiger partial charge on any atom is -0.493 e. The van der Waals surface area contributed by atoms with Gasteiger partial charge in [-0.3, -0.25) is 4.79 Å². The first-order valence-electron chi connectivity index (χ1n) is 9.99. The van der Waals surface area contributed by atoms with Gasteiger partial charge in [0.15, 0.2) is 11.5 Å². The minimum atomic E-state index is -0.364. The van der Waals surface area contributed by atoms with E-state index in [-0.39, 0.29) is 17.1 Å². The van der Waals surface area contributed by atoms with Crippen LogP contribution in [-0.4, -0.2) is 38.0 Å². The van der Waals surface area contributed by atoms with Crippen molar-refractivity contribution < 1.29 is 23.8 Å². The molecule has 3 rings (SSSR count). The molecule has 1 aromatic heterocycles. The fourth-order valence-electron chi connectivity index (χ4n) is 3.43. The van der Waals surface area contributed by atoms with Gasteiger partial charge in [-0.05, 0) is 63.3 Å². The molecule has 0 spiro atoms. The van der Waals surface area contributed by atoms with Crippen LogP contribution in [0, 0.1) is 0 Å². The highest BCUT2D eigenvalue weighted by Gasteiger charge is 2.28. The third-order valence-corrected chi connectivity index (χ3v) is 7.23. The number of benzene rings is 1. The number of ether oxygens (including phenoxy) is 3. The maximum atomic E-state index is 12.9. The summed E-state index contributed by atoms with van der Waals surface area (Å²) in [6, 6.07) is 5.56. The zero-order valence-corrected chi connectivity index (χ0v) is 19.3. The van der Waals surface area contributed by atoms with E-state index in [1.54, 1.807) is 21.1 Å². The predicted molar refractivity (Wildman–Crippen MR) is 120 cm³/mol. The molecule has 2 aromatic rings. The molecule has 0 bridgehead atoms. The molecular weight excluding hydrogens is 422 g/mol. The summed E-state index contributed by atoms with van der Waals surface area (Å²) in [5.74, 6) is 0.749. The van der Waals surface area contributed by atoms with E-state index in [2.05, 4.69) is 5.32 Å². The molecule has 8 heteroatoms. The van der Waals surface area contributed by atoms with E-state index in [0.29, 0.717) is 28.7 Å². The van der Waals surface area contributed by atoms with Crippen LogP contribution in [0.5, 0.6) is 11.5 Å². The van der Waals surface area contributed by atoms with Crippen LogP contribution < -0.4 is 14.8 Å². The van der Waals surface area contributed by atoms with E-state index in [1.165, 1.54) is 28.0 Å². The number of hydrogen-bond donors (Lipinski definition) is 1. The van der Waals surface area contributed by atoms with Gasteiger partial charge in [0.05, 0.1) is 31.6 Å². The van der Waals surface area contributed by atoms with Crippen molar-refractivity contribution >= 4 is 40.0 Å². The Morgan fingerprint density at radius 2 is 1.90 bits per heavy atom. The highest BCUT2D eigenvalue weighted by Crippen LogP contribution is 2.39. The average Bonchev–Trinajstić information content (AvgIpc) is 3.11. The third-order valence-electron chi connectivity index (χ3n) is 4.92. The van der Waals surface area contributed by atoms with Crippen LogP contribution in [0.2, 0.25) is 0 Å². The number of anilines is 1. The van der Waals surface area contributed by atoms with Gasteiger partial charge in [0.2, 0.25) is 5.91 Å². The summed E-state index contributed by atoms with van der Waals surface area (Å²) in [6.45, 7) is 3.94. The second kappa shape index (κ2) is 10.2. The van der Waals surface area contributed by atoms with Crippen LogP contribution in [0.4, 0.5) is 5.00 Å². The number of aryl methyl sites for hydroxylation is 1. The number of carbonyl (C=O) groups excluding carboxylic acids is 2. The molecule has 1 aromatic carbocycles. The van der Waals surface area contributed by atoms with Crippen molar-refractivity contribution in [3.05, 3.63) is 34.2 Å². The van der Waals surface area contributed by atoms with Gasteiger partial charge in [-0.25, -0.2) is 4.79 Å². The van der Waals surface area contributed by atoms with Gasteiger partial charge in [-0.1, -0.05) is 0 Å². The van der Waals surface area contributed by atoms with Gasteiger partial charge in [-0.15, -0.1) is 23.1 Å². The number of amides is 1. The van der Waals surface area contributed by atoms with E-state index in [9.17, 15) is 9.59 Å². The Balaban J connectivity index is 1.77. The van der Waals surface area contributed by atoms with Gasteiger partial charge >= 0.3 is 5.97 Å². The second-order valence-corrected chi connectivity index (χ2v) is 9.42. The zero-order valence-electron chi connectivity index (χ0n) is 17.7. The van der Waals surface area contributed by atoms with Gasteiger partial charge in [0.25, 0.3) is 0 Å². The number of hydrogen-bond acceptors (Lipinski definition) is 7. The lowest BCUT2D eigenvalue weighted by Gasteiger charge is -2.14. The van der Waals surface area contributed by atoms with Gasteiger partial charge in [0, 0.05) is 9.77 Å². The van der Waals surface area contributed by atoms with Crippen molar-refractivity contribution in [2.24, 2.45) is 0 Å². The molecule has 0 aliphatic heterocycles. The summed E-state index contributed by atoms with van der Waals surface area (Å²) >= 11 is 2.92. The lowest BCUT2D eigenvalue weighted by molar-refractivity contribution is -0.115. The van der Waals surface area contributed by atoms with Crippen molar-refractivity contribution in [2.45, 2.75) is 49.7 Å². The maximum absolute atomic E-state index is 12.9. The molecule has 0 fully saturated rings. The van der Waals surface area contributed by atoms with Gasteiger partial charge in [0.1, 0.15) is 5.00 Å². The van der Waals surface area contributed by atoms with E-state index < -0.39 is 0 Å². The van der Waals surface area contributed by atoms with Crippen molar-refractivity contribution in [1.29, 1.82) is 0 Å². The van der Waals surface area contributed by atoms with Crippen LogP contribution in [0.25, 0.3) is 0 Å². The number of thioether (sulfide) groups is 1. The molecule has 1 N–H and O–H groups in total. The topological polar surface area (TPSA) is 73.9 Å². The Bertz CT molecular complexity index is 924. The Kier molecular flexibility index (Phi) is 7.66. The average molecular weight is 450 g/mol. The molecule has 0 saturated heterocycles. The summed E-state index contributed by atoms with van der Waals surface area (Å²) in [4.78, 5) is 27.6. The summed E-state index contributed by atoms with van der Waals surface area (Å²) in [6.07, 6.45) is 3.95. The summed E-state index contributed by atoms with van der Waals surface area (Å²) < 4.78 is 15.9. The fraction of sp³-hybridized carbons (Fsp3) is 0.455. The molecule has 0 saturated carbocycles. The SMILES string of the molecule is CCOC(=O)c1c(NC(=O)[C@H](C)Sc2ccc(OC)c(OC)c2)sc2c1CCCC2. The van der Waals surface area contributed by atoms with Gasteiger partial charge < -0.3 is 19.5 Å². The van der Waals surface area contributed by atoms with Crippen LogP contribution >= 0.6 is 23.1 Å². The Morgan fingerprint density at radius 1 is 1.17 bits per heavy atom. The highest BCUT2D eigenvalue weighted by atomic mass is 32.2. The molecular formula is C22H27NO5S2. The molecule has 0 unspecified atom stereocenters. The van der Waals surface area contributed by atoms with Gasteiger partial charge in [-0.2, -0.15) is 0 Å². The monoisotopic (exact) mass is 449 g/mol. The number of thiophene rings is 1. The number of carbonyl (C=O) groups is 2. The molecule has 1 amide bonds. The Labute approximate surface area is 185 Å². The zero-order chi connectivity index (χ0) is 21.7. The Morgan fingerprint density at radius 3 is 2.60 bits per heavy atom. The first kappa shape index (κ1) is 22.5. The molecule has 1 aliphatic rings. The van der Waals surface area contributed by atoms with Crippen molar-refractivity contribution in [3.8, 4) is 11.5 Å². The first-order valence-corrected chi connectivity index (χ1v) is 11.7. The highest BCUT2D eigenvalue weighted by molar-refractivity contribution is 8.00. The summed E-state index contributed by atoms with van der Waals surface area (Å²) in [5.41, 5.74) is 1.58. The maximum Gasteiger partial charge on any atom is 0.341 e. The van der Waals surface area contributed by atoms with Crippen LogP contribution in [0.15, 0.2) is 23.1 Å². The van der Waals surface area contributed by atoms with Crippen LogP contribution in [-0.2, 0) is 22.4 Å².